The Balaban J connectivity index is 1.96. The highest BCUT2D eigenvalue weighted by Crippen LogP contribution is 2.11. The summed E-state index contributed by atoms with van der Waals surface area (Å²) in [6.45, 7) is -0.391. The van der Waals surface area contributed by atoms with Gasteiger partial charge in [-0.1, -0.05) is 29.8 Å². The van der Waals surface area contributed by atoms with Crippen LogP contribution < -0.4 is 5.32 Å². The van der Waals surface area contributed by atoms with E-state index in [0.29, 0.717) is 28.3 Å². The fourth-order valence-electron chi connectivity index (χ4n) is 2.27. The molecule has 0 saturated heterocycles. The lowest BCUT2D eigenvalue weighted by Crippen LogP contribution is -2.42. The molecule has 142 valence electrons. The monoisotopic (exact) mass is 405 g/mol. The van der Waals surface area contributed by atoms with Crippen LogP contribution in [0.5, 0.6) is 0 Å². The average molecular weight is 406 g/mol. The van der Waals surface area contributed by atoms with Gasteiger partial charge in [-0.15, -0.1) is 0 Å². The number of benzene rings is 2. The lowest BCUT2D eigenvalue weighted by Gasteiger charge is -2.17. The van der Waals surface area contributed by atoms with Crippen molar-refractivity contribution in [3.05, 3.63) is 70.7 Å². The molecular weight excluding hydrogens is 386 g/mol. The lowest BCUT2D eigenvalue weighted by atomic mass is 10.1. The van der Waals surface area contributed by atoms with Crippen molar-refractivity contribution >= 4 is 41.0 Å². The van der Waals surface area contributed by atoms with Gasteiger partial charge in [-0.2, -0.15) is 11.8 Å². The lowest BCUT2D eigenvalue weighted by molar-refractivity contribution is -0.144. The number of ether oxygens (including phenoxy) is 1. The van der Waals surface area contributed by atoms with Gasteiger partial charge in [0.2, 0.25) is 0 Å². The Labute approximate surface area is 167 Å². The number of carbonyl (C=O) groups excluding carboxylic acids is 3. The SMILES string of the molecule is CSCCC(NC(=O)c1ccccc1)C(=O)OCC(=O)c1ccc(Cl)cc1. The minimum atomic E-state index is -0.817. The standard InChI is InChI=1S/C20H20ClNO4S/c1-27-12-11-17(22-19(24)15-5-3-2-4-6-15)20(25)26-13-18(23)14-7-9-16(21)10-8-14/h2-10,17H,11-13H2,1H3,(H,22,24). The highest BCUT2D eigenvalue weighted by Gasteiger charge is 2.23. The first-order valence-corrected chi connectivity index (χ1v) is 10.1. The molecule has 0 bridgehead atoms. The molecule has 2 aromatic rings. The third kappa shape index (κ3) is 6.73. The van der Waals surface area contributed by atoms with E-state index in [9.17, 15) is 14.4 Å². The van der Waals surface area contributed by atoms with Crippen LogP contribution in [0.4, 0.5) is 0 Å². The summed E-state index contributed by atoms with van der Waals surface area (Å²) in [6.07, 6.45) is 2.32. The minimum absolute atomic E-state index is 0.335. The highest BCUT2D eigenvalue weighted by molar-refractivity contribution is 7.98. The van der Waals surface area contributed by atoms with Crippen molar-refractivity contribution < 1.29 is 19.1 Å². The van der Waals surface area contributed by atoms with Crippen LogP contribution >= 0.6 is 23.4 Å². The number of halogens is 1. The van der Waals surface area contributed by atoms with Crippen LogP contribution in [-0.4, -0.2) is 42.3 Å². The van der Waals surface area contributed by atoms with Gasteiger partial charge in [-0.25, -0.2) is 4.79 Å². The number of thioether (sulfide) groups is 1. The minimum Gasteiger partial charge on any atom is -0.456 e. The van der Waals surface area contributed by atoms with Crippen LogP contribution in [-0.2, 0) is 9.53 Å². The first kappa shape index (κ1) is 21.0. The molecule has 1 unspecified atom stereocenters. The first-order valence-electron chi connectivity index (χ1n) is 8.31. The fourth-order valence-corrected chi connectivity index (χ4v) is 2.87. The zero-order valence-electron chi connectivity index (χ0n) is 14.8. The molecule has 0 aliphatic rings. The zero-order chi connectivity index (χ0) is 19.6. The number of amides is 1. The molecule has 0 aliphatic heterocycles. The largest absolute Gasteiger partial charge is 0.456 e. The molecule has 0 saturated carbocycles. The summed E-state index contributed by atoms with van der Waals surface area (Å²) in [4.78, 5) is 36.8. The van der Waals surface area contributed by atoms with Crippen LogP contribution in [0, 0.1) is 0 Å². The van der Waals surface area contributed by atoms with E-state index in [4.69, 9.17) is 16.3 Å². The Morgan fingerprint density at radius 2 is 1.70 bits per heavy atom. The molecule has 27 heavy (non-hydrogen) atoms. The second-order valence-corrected chi connectivity index (χ2v) is 7.13. The van der Waals surface area contributed by atoms with Gasteiger partial charge in [0.05, 0.1) is 0 Å². The molecule has 1 atom stereocenters. The summed E-state index contributed by atoms with van der Waals surface area (Å²) in [7, 11) is 0. The van der Waals surface area contributed by atoms with Crippen LogP contribution in [0.2, 0.25) is 5.02 Å². The van der Waals surface area contributed by atoms with Gasteiger partial charge >= 0.3 is 5.97 Å². The van der Waals surface area contributed by atoms with Crippen molar-refractivity contribution in [1.82, 2.24) is 5.32 Å². The van der Waals surface area contributed by atoms with Gasteiger partial charge < -0.3 is 10.1 Å². The highest BCUT2D eigenvalue weighted by atomic mass is 35.5. The quantitative estimate of drug-likeness (QED) is 0.509. The number of hydrogen-bond donors (Lipinski definition) is 1. The molecule has 2 rings (SSSR count). The smallest absolute Gasteiger partial charge is 0.329 e. The molecule has 7 heteroatoms. The van der Waals surface area contributed by atoms with Gasteiger partial charge in [0.15, 0.2) is 12.4 Å². The van der Waals surface area contributed by atoms with E-state index < -0.39 is 18.6 Å². The third-order valence-corrected chi connectivity index (χ3v) is 4.64. The van der Waals surface area contributed by atoms with E-state index in [1.807, 2.05) is 6.26 Å². The third-order valence-electron chi connectivity index (χ3n) is 3.75. The Bertz CT molecular complexity index is 780. The Morgan fingerprint density at radius 1 is 1.04 bits per heavy atom. The topological polar surface area (TPSA) is 72.5 Å². The zero-order valence-corrected chi connectivity index (χ0v) is 16.4. The van der Waals surface area contributed by atoms with Crippen LogP contribution in [0.15, 0.2) is 54.6 Å². The van der Waals surface area contributed by atoms with E-state index in [-0.39, 0.29) is 11.7 Å². The predicted molar refractivity (Wildman–Crippen MR) is 107 cm³/mol. The summed E-state index contributed by atoms with van der Waals surface area (Å²) in [6, 6.07) is 14.1. The number of ketones is 1. The summed E-state index contributed by atoms with van der Waals surface area (Å²) in [5, 5.41) is 3.20. The summed E-state index contributed by atoms with van der Waals surface area (Å²) < 4.78 is 5.14. The number of esters is 1. The van der Waals surface area contributed by atoms with Crippen molar-refractivity contribution in [3.8, 4) is 0 Å². The summed E-state index contributed by atoms with van der Waals surface area (Å²) in [5.74, 6) is -0.656. The van der Waals surface area contributed by atoms with Crippen molar-refractivity contribution in [2.45, 2.75) is 12.5 Å². The number of rotatable bonds is 9. The molecule has 0 aliphatic carbocycles. The van der Waals surface area contributed by atoms with Crippen LogP contribution in [0.1, 0.15) is 27.1 Å². The van der Waals surface area contributed by atoms with E-state index >= 15 is 0 Å². The summed E-state index contributed by atoms with van der Waals surface area (Å²) >= 11 is 7.35. The number of nitrogens with one attached hydrogen (secondary N) is 1. The second-order valence-electron chi connectivity index (χ2n) is 5.71. The van der Waals surface area contributed by atoms with Crippen molar-refractivity contribution in [3.63, 3.8) is 0 Å². The number of Topliss-reactive ketones (excluding diaryl/α,β-unsaturated/α-hetero) is 1. The maximum atomic E-state index is 12.4. The Kier molecular flexibility index (Phi) is 8.36. The molecule has 0 radical (unpaired) electrons. The molecule has 1 amide bonds. The molecule has 0 fully saturated rings. The fraction of sp³-hybridized carbons (Fsp3) is 0.250. The van der Waals surface area contributed by atoms with Crippen molar-refractivity contribution in [2.24, 2.45) is 0 Å². The normalized spacial score (nSPS) is 11.5. The van der Waals surface area contributed by atoms with E-state index in [2.05, 4.69) is 5.32 Å². The molecule has 5 nitrogen and oxygen atoms in total. The van der Waals surface area contributed by atoms with Gasteiger partial charge in [-0.3, -0.25) is 9.59 Å². The van der Waals surface area contributed by atoms with Crippen molar-refractivity contribution in [1.29, 1.82) is 0 Å². The number of carbonyl (C=O) groups is 3. The summed E-state index contributed by atoms with van der Waals surface area (Å²) in [5.41, 5.74) is 0.859. The van der Waals surface area contributed by atoms with Crippen LogP contribution in [0.3, 0.4) is 0 Å². The maximum Gasteiger partial charge on any atom is 0.329 e. The molecule has 0 aromatic heterocycles. The van der Waals surface area contributed by atoms with Gasteiger partial charge in [0, 0.05) is 16.1 Å². The van der Waals surface area contributed by atoms with Gasteiger partial charge in [0.25, 0.3) is 5.91 Å². The Morgan fingerprint density at radius 3 is 2.33 bits per heavy atom. The first-order chi connectivity index (χ1) is 13.0. The van der Waals surface area contributed by atoms with Crippen LogP contribution in [0.25, 0.3) is 0 Å². The molecule has 0 heterocycles. The molecule has 1 N–H and O–H groups in total. The Hall–Kier alpha value is -2.31. The van der Waals surface area contributed by atoms with E-state index in [1.165, 1.54) is 0 Å². The molecule has 0 spiro atoms. The molecule has 2 aromatic carbocycles. The van der Waals surface area contributed by atoms with Gasteiger partial charge in [-0.05, 0) is 54.8 Å². The second kappa shape index (κ2) is 10.7. The average Bonchev–Trinajstić information content (AvgIpc) is 2.70. The maximum absolute atomic E-state index is 12.4. The molecular formula is C20H20ClNO4S. The van der Waals surface area contributed by atoms with Gasteiger partial charge in [0.1, 0.15) is 6.04 Å². The van der Waals surface area contributed by atoms with Crippen molar-refractivity contribution in [2.75, 3.05) is 18.6 Å². The predicted octanol–water partition coefficient (Wildman–Crippen LogP) is 3.62. The number of hydrogen-bond acceptors (Lipinski definition) is 5. The van der Waals surface area contributed by atoms with E-state index in [0.717, 1.165) is 0 Å². The van der Waals surface area contributed by atoms with E-state index in [1.54, 1.807) is 66.4 Å².